The maximum atomic E-state index is 13.4. The van der Waals surface area contributed by atoms with Crippen LogP contribution >= 0.6 is 0 Å². The number of nitriles is 1. The summed E-state index contributed by atoms with van der Waals surface area (Å²) in [6, 6.07) is 5.73. The van der Waals surface area contributed by atoms with E-state index in [2.05, 4.69) is 0 Å². The summed E-state index contributed by atoms with van der Waals surface area (Å²) < 4.78 is 50.8. The number of alkyl halides is 3. The van der Waals surface area contributed by atoms with Gasteiger partial charge in [-0.3, -0.25) is 0 Å². The van der Waals surface area contributed by atoms with E-state index in [0.29, 0.717) is 5.69 Å². The summed E-state index contributed by atoms with van der Waals surface area (Å²) >= 11 is 0. The van der Waals surface area contributed by atoms with Gasteiger partial charge >= 0.3 is 6.18 Å². The lowest BCUT2D eigenvalue weighted by atomic mass is 10.1. The van der Waals surface area contributed by atoms with Gasteiger partial charge in [-0.05, 0) is 24.6 Å². The van der Waals surface area contributed by atoms with Crippen LogP contribution in [-0.2, 0) is 0 Å². The van der Waals surface area contributed by atoms with Gasteiger partial charge in [0.15, 0.2) is 0 Å². The van der Waals surface area contributed by atoms with Gasteiger partial charge in [0.05, 0.1) is 5.56 Å². The lowest BCUT2D eigenvalue weighted by Crippen LogP contribution is -2.31. The number of benzene rings is 1. The van der Waals surface area contributed by atoms with E-state index in [1.807, 2.05) is 0 Å². The lowest BCUT2D eigenvalue weighted by Gasteiger charge is -2.29. The molecule has 1 aromatic rings. The van der Waals surface area contributed by atoms with E-state index in [-0.39, 0.29) is 25.1 Å². The third kappa shape index (κ3) is 2.87. The van der Waals surface area contributed by atoms with E-state index in [9.17, 15) is 17.6 Å². The molecule has 0 N–H and O–H groups in total. The smallest absolute Gasteiger partial charge is 0.367 e. The predicted molar refractivity (Wildman–Crippen MR) is 62.1 cm³/mol. The second-order valence-corrected chi connectivity index (χ2v) is 4.20. The molecule has 0 saturated heterocycles. The summed E-state index contributed by atoms with van der Waals surface area (Å²) in [6.07, 6.45) is -3.30. The van der Waals surface area contributed by atoms with Crippen LogP contribution in [0.25, 0.3) is 0 Å². The van der Waals surface area contributed by atoms with Gasteiger partial charge < -0.3 is 4.90 Å². The van der Waals surface area contributed by atoms with Crippen molar-refractivity contribution in [1.82, 2.24) is 0 Å². The van der Waals surface area contributed by atoms with E-state index in [4.69, 9.17) is 5.26 Å². The van der Waals surface area contributed by atoms with Crippen molar-refractivity contribution in [3.63, 3.8) is 0 Å². The first-order chi connectivity index (χ1) is 8.91. The van der Waals surface area contributed by atoms with Crippen molar-refractivity contribution < 1.29 is 17.6 Å². The highest BCUT2D eigenvalue weighted by molar-refractivity contribution is 5.52. The van der Waals surface area contributed by atoms with E-state index < -0.39 is 17.6 Å². The zero-order valence-electron chi connectivity index (χ0n) is 9.84. The topological polar surface area (TPSA) is 27.0 Å². The molecule has 1 aliphatic rings. The molecule has 0 saturated carbocycles. The fourth-order valence-corrected chi connectivity index (χ4v) is 1.95. The number of hydrogen-bond acceptors (Lipinski definition) is 2. The highest BCUT2D eigenvalue weighted by atomic mass is 19.4. The molecule has 0 aliphatic carbocycles. The SMILES string of the molecule is N#Cc1ccc(N2CC=C(C(F)(F)F)CC2)cc1F. The number of halogens is 4. The van der Waals surface area contributed by atoms with E-state index in [0.717, 1.165) is 6.08 Å². The Morgan fingerprint density at radius 2 is 2.00 bits per heavy atom. The van der Waals surface area contributed by atoms with Crippen molar-refractivity contribution in [2.45, 2.75) is 12.6 Å². The zero-order valence-corrected chi connectivity index (χ0v) is 9.84. The summed E-state index contributed by atoms with van der Waals surface area (Å²) in [5.41, 5.74) is -0.140. The van der Waals surface area contributed by atoms with Gasteiger partial charge in [0.1, 0.15) is 11.9 Å². The molecule has 0 bridgehead atoms. The molecular weight excluding hydrogens is 260 g/mol. The van der Waals surface area contributed by atoms with Gasteiger partial charge in [-0.2, -0.15) is 18.4 Å². The molecule has 0 spiro atoms. The molecule has 0 amide bonds. The van der Waals surface area contributed by atoms with Crippen LogP contribution in [0.1, 0.15) is 12.0 Å². The summed E-state index contributed by atoms with van der Waals surface area (Å²) in [6.45, 7) is 0.261. The van der Waals surface area contributed by atoms with Crippen molar-refractivity contribution in [3.8, 4) is 6.07 Å². The van der Waals surface area contributed by atoms with Crippen molar-refractivity contribution in [2.24, 2.45) is 0 Å². The Labute approximate surface area is 107 Å². The van der Waals surface area contributed by atoms with E-state index in [1.54, 1.807) is 11.0 Å². The molecule has 0 aromatic heterocycles. The summed E-state index contributed by atoms with van der Waals surface area (Å²) in [5.74, 6) is -0.661. The fourth-order valence-electron chi connectivity index (χ4n) is 1.95. The first-order valence-electron chi connectivity index (χ1n) is 5.62. The molecule has 0 unspecified atom stereocenters. The van der Waals surface area contributed by atoms with Crippen LogP contribution < -0.4 is 4.90 Å². The molecular formula is C13H10F4N2. The van der Waals surface area contributed by atoms with Gasteiger partial charge in [-0.1, -0.05) is 6.08 Å². The second kappa shape index (κ2) is 4.92. The third-order valence-corrected chi connectivity index (χ3v) is 3.01. The third-order valence-electron chi connectivity index (χ3n) is 3.01. The predicted octanol–water partition coefficient (Wildman–Crippen LogP) is 3.40. The van der Waals surface area contributed by atoms with Gasteiger partial charge in [0.25, 0.3) is 0 Å². The van der Waals surface area contributed by atoms with Gasteiger partial charge in [0.2, 0.25) is 0 Å². The quantitative estimate of drug-likeness (QED) is 0.577. The van der Waals surface area contributed by atoms with Crippen LogP contribution in [-0.4, -0.2) is 19.3 Å². The largest absolute Gasteiger partial charge is 0.412 e. The molecule has 0 atom stereocenters. The number of anilines is 1. The number of nitrogens with zero attached hydrogens (tertiary/aromatic N) is 2. The highest BCUT2D eigenvalue weighted by Gasteiger charge is 2.34. The molecule has 2 nitrogen and oxygen atoms in total. The Bertz CT molecular complexity index is 555. The zero-order chi connectivity index (χ0) is 14.0. The van der Waals surface area contributed by atoms with Crippen LogP contribution in [0, 0.1) is 17.1 Å². The van der Waals surface area contributed by atoms with Gasteiger partial charge in [0, 0.05) is 24.4 Å². The van der Waals surface area contributed by atoms with Crippen LogP contribution in [0.2, 0.25) is 0 Å². The molecule has 19 heavy (non-hydrogen) atoms. The Balaban J connectivity index is 2.17. The fraction of sp³-hybridized carbons (Fsp3) is 0.308. The Hall–Kier alpha value is -2.03. The molecule has 0 fully saturated rings. The Morgan fingerprint density at radius 3 is 2.47 bits per heavy atom. The summed E-state index contributed by atoms with van der Waals surface area (Å²) in [4.78, 5) is 1.64. The van der Waals surface area contributed by atoms with Gasteiger partial charge in [-0.15, -0.1) is 0 Å². The highest BCUT2D eigenvalue weighted by Crippen LogP contribution is 2.31. The van der Waals surface area contributed by atoms with Crippen LogP contribution in [0.4, 0.5) is 23.2 Å². The number of rotatable bonds is 1. The Morgan fingerprint density at radius 1 is 1.26 bits per heavy atom. The minimum Gasteiger partial charge on any atom is -0.367 e. The average Bonchev–Trinajstić information content (AvgIpc) is 2.38. The standard InChI is InChI=1S/C13H10F4N2/c14-12-7-11(2-1-9(12)8-18)19-5-3-10(4-6-19)13(15,16)17/h1-3,7H,4-6H2. The second-order valence-electron chi connectivity index (χ2n) is 4.20. The van der Waals surface area contributed by atoms with Crippen molar-refractivity contribution in [1.29, 1.82) is 5.26 Å². The van der Waals surface area contributed by atoms with E-state index in [1.165, 1.54) is 18.2 Å². The molecule has 1 heterocycles. The molecule has 1 aromatic carbocycles. The summed E-state index contributed by atoms with van der Waals surface area (Å²) in [5, 5.41) is 8.61. The molecule has 0 radical (unpaired) electrons. The normalized spacial score (nSPS) is 15.9. The lowest BCUT2D eigenvalue weighted by molar-refractivity contribution is -0.0943. The summed E-state index contributed by atoms with van der Waals surface area (Å²) in [7, 11) is 0. The first-order valence-corrected chi connectivity index (χ1v) is 5.62. The minimum absolute atomic E-state index is 0.0766. The monoisotopic (exact) mass is 270 g/mol. The van der Waals surface area contributed by atoms with Crippen LogP contribution in [0.3, 0.4) is 0 Å². The van der Waals surface area contributed by atoms with Crippen LogP contribution in [0.15, 0.2) is 29.8 Å². The average molecular weight is 270 g/mol. The van der Waals surface area contributed by atoms with E-state index >= 15 is 0 Å². The van der Waals surface area contributed by atoms with Crippen molar-refractivity contribution in [3.05, 3.63) is 41.2 Å². The molecule has 2 rings (SSSR count). The van der Waals surface area contributed by atoms with Crippen LogP contribution in [0.5, 0.6) is 0 Å². The van der Waals surface area contributed by atoms with Crippen molar-refractivity contribution in [2.75, 3.05) is 18.0 Å². The molecule has 6 heteroatoms. The maximum Gasteiger partial charge on any atom is 0.412 e. The first kappa shape index (κ1) is 13.4. The Kier molecular flexibility index (Phi) is 3.47. The molecule has 1 aliphatic heterocycles. The minimum atomic E-state index is -4.29. The van der Waals surface area contributed by atoms with Crippen molar-refractivity contribution >= 4 is 5.69 Å². The number of hydrogen-bond donors (Lipinski definition) is 0. The van der Waals surface area contributed by atoms with Gasteiger partial charge in [-0.25, -0.2) is 4.39 Å². The molecule has 100 valence electrons. The maximum absolute atomic E-state index is 13.4.